The van der Waals surface area contributed by atoms with Gasteiger partial charge in [0.15, 0.2) is 0 Å². The van der Waals surface area contributed by atoms with Crippen molar-refractivity contribution in [1.82, 2.24) is 4.79 Å². The first-order chi connectivity index (χ1) is 12.8. The second kappa shape index (κ2) is 5.85. The Morgan fingerprint density at radius 1 is 0.462 bits per heavy atom. The minimum atomic E-state index is 0.602. The van der Waals surface area contributed by atoms with E-state index >= 15 is 0 Å². The Morgan fingerprint density at radius 3 is 1.31 bits per heavy atom. The van der Waals surface area contributed by atoms with Gasteiger partial charge in [-0.05, 0) is 46.5 Å². The third-order valence-electron chi connectivity index (χ3n) is 4.92. The summed E-state index contributed by atoms with van der Waals surface area (Å²) in [5.41, 5.74) is 5.66. The van der Waals surface area contributed by atoms with E-state index in [0.717, 1.165) is 37.8 Å². The molecule has 0 aliphatic rings. The number of fused-ring (bicyclic) bond motifs is 3. The zero-order chi connectivity index (χ0) is 17.5. The maximum Gasteiger partial charge on any atom is 0.0826 e. The molecule has 5 aromatic rings. The molecule has 0 fully saturated rings. The van der Waals surface area contributed by atoms with Crippen LogP contribution in [0.15, 0.2) is 97.1 Å². The fraction of sp³-hybridized carbons (Fsp3) is 0. The number of aromatic nitrogens is 1. The van der Waals surface area contributed by atoms with Crippen LogP contribution in [0, 0.1) is 0 Å². The molecule has 0 saturated carbocycles. The largest absolute Gasteiger partial charge is 0.179 e. The van der Waals surface area contributed by atoms with Gasteiger partial charge in [-0.25, -0.2) is 0 Å². The van der Waals surface area contributed by atoms with Crippen molar-refractivity contribution in [3.63, 3.8) is 0 Å². The third kappa shape index (κ3) is 2.31. The van der Waals surface area contributed by atoms with Gasteiger partial charge in [0.25, 0.3) is 0 Å². The topological polar surface area (TPSA) is 4.93 Å². The molecule has 0 amide bonds. The van der Waals surface area contributed by atoms with E-state index in [0.29, 0.717) is 11.0 Å². The van der Waals surface area contributed by atoms with Gasteiger partial charge >= 0.3 is 0 Å². The molecule has 0 aliphatic carbocycles. The Morgan fingerprint density at radius 2 is 0.885 bits per heavy atom. The highest BCUT2D eigenvalue weighted by Crippen LogP contribution is 2.35. The summed E-state index contributed by atoms with van der Waals surface area (Å²) >= 11 is 0. The van der Waals surface area contributed by atoms with Gasteiger partial charge < -0.3 is 0 Å². The van der Waals surface area contributed by atoms with E-state index in [-0.39, 0.29) is 0 Å². The predicted molar refractivity (Wildman–Crippen MR) is 107 cm³/mol. The quantitative estimate of drug-likeness (QED) is 0.331. The van der Waals surface area contributed by atoms with Crippen LogP contribution in [-0.4, -0.2) is 4.79 Å². The van der Waals surface area contributed by atoms with Crippen LogP contribution in [0.5, 0.6) is 0 Å². The summed E-state index contributed by atoms with van der Waals surface area (Å²) in [6.07, 6.45) is 0. The smallest absolute Gasteiger partial charge is 0.0826 e. The highest BCUT2D eigenvalue weighted by atomic mass is 19.2. The normalized spacial score (nSPS) is 11.3. The van der Waals surface area contributed by atoms with Crippen LogP contribution in [0.3, 0.4) is 0 Å². The summed E-state index contributed by atoms with van der Waals surface area (Å²) in [6, 6.07) is 32.2. The summed E-state index contributed by atoms with van der Waals surface area (Å²) in [6.45, 7) is 0. The molecule has 5 rings (SSSR count). The lowest BCUT2D eigenvalue weighted by atomic mass is 10.0. The van der Waals surface area contributed by atoms with Crippen LogP contribution in [-0.2, 0) is 0 Å². The van der Waals surface area contributed by atoms with Crippen molar-refractivity contribution in [2.75, 3.05) is 0 Å². The summed E-state index contributed by atoms with van der Waals surface area (Å²) in [7, 11) is 0. The summed E-state index contributed by atoms with van der Waals surface area (Å²) in [5.74, 6) is 0. The van der Waals surface area contributed by atoms with E-state index in [1.54, 1.807) is 0 Å². The first kappa shape index (κ1) is 14.9. The van der Waals surface area contributed by atoms with Crippen LogP contribution >= 0.6 is 0 Å². The standard InChI is InChI=1S/C24H16FN/c25-26-23-13-11-19(17-7-3-1-4-8-17)15-21(23)22-16-20(12-14-24(22)26)18-9-5-2-6-10-18/h1-16H. The monoisotopic (exact) mass is 337 g/mol. The molecule has 0 N–H and O–H groups in total. The van der Waals surface area contributed by atoms with Gasteiger partial charge in [0.2, 0.25) is 0 Å². The first-order valence-corrected chi connectivity index (χ1v) is 8.66. The number of nitrogens with zero attached hydrogens (tertiary/aromatic N) is 1. The predicted octanol–water partition coefficient (Wildman–Crippen LogP) is 6.86. The van der Waals surface area contributed by atoms with Crippen LogP contribution in [0.1, 0.15) is 0 Å². The number of hydrogen-bond donors (Lipinski definition) is 0. The molecule has 1 heterocycles. The minimum Gasteiger partial charge on any atom is -0.179 e. The number of hydrogen-bond acceptors (Lipinski definition) is 0. The Kier molecular flexibility index (Phi) is 3.36. The molecule has 0 saturated heterocycles. The molecular weight excluding hydrogens is 321 g/mol. The Labute approximate surface area is 150 Å². The van der Waals surface area contributed by atoms with Crippen LogP contribution in [0.25, 0.3) is 44.1 Å². The van der Waals surface area contributed by atoms with Gasteiger partial charge in [-0.15, -0.1) is 0 Å². The van der Waals surface area contributed by atoms with Gasteiger partial charge in [0.05, 0.1) is 11.0 Å². The van der Waals surface area contributed by atoms with Crippen LogP contribution < -0.4 is 0 Å². The third-order valence-corrected chi connectivity index (χ3v) is 4.92. The first-order valence-electron chi connectivity index (χ1n) is 8.66. The van der Waals surface area contributed by atoms with E-state index in [1.807, 2.05) is 60.7 Å². The maximum absolute atomic E-state index is 14.8. The van der Waals surface area contributed by atoms with Gasteiger partial charge in [-0.2, -0.15) is 4.79 Å². The molecule has 0 spiro atoms. The highest BCUT2D eigenvalue weighted by Gasteiger charge is 2.12. The van der Waals surface area contributed by atoms with Crippen molar-refractivity contribution in [2.45, 2.75) is 0 Å². The van der Waals surface area contributed by atoms with E-state index in [1.165, 1.54) is 0 Å². The number of halogens is 1. The lowest BCUT2D eigenvalue weighted by Gasteiger charge is -2.03. The second-order valence-electron chi connectivity index (χ2n) is 6.48. The molecule has 26 heavy (non-hydrogen) atoms. The molecule has 0 unspecified atom stereocenters. The summed E-state index contributed by atoms with van der Waals surface area (Å²) in [5, 5.41) is 1.86. The zero-order valence-electron chi connectivity index (χ0n) is 14.1. The molecule has 0 bridgehead atoms. The Balaban J connectivity index is 1.78. The lowest BCUT2D eigenvalue weighted by molar-refractivity contribution is 0.405. The van der Waals surface area contributed by atoms with Crippen molar-refractivity contribution in [3.05, 3.63) is 97.1 Å². The molecule has 0 radical (unpaired) electrons. The Bertz CT molecular complexity index is 1120. The van der Waals surface area contributed by atoms with Crippen molar-refractivity contribution >= 4 is 21.8 Å². The zero-order valence-corrected chi connectivity index (χ0v) is 14.1. The van der Waals surface area contributed by atoms with E-state index in [9.17, 15) is 4.48 Å². The molecule has 1 aromatic heterocycles. The molecule has 4 aromatic carbocycles. The fourth-order valence-corrected chi connectivity index (χ4v) is 3.60. The van der Waals surface area contributed by atoms with Crippen molar-refractivity contribution in [2.24, 2.45) is 0 Å². The van der Waals surface area contributed by atoms with E-state index in [2.05, 4.69) is 36.4 Å². The number of rotatable bonds is 2. The lowest BCUT2D eigenvalue weighted by Crippen LogP contribution is -1.81. The van der Waals surface area contributed by atoms with Gasteiger partial charge in [-0.1, -0.05) is 77.3 Å². The van der Waals surface area contributed by atoms with Crippen molar-refractivity contribution < 1.29 is 4.48 Å². The maximum atomic E-state index is 14.8. The molecule has 0 atom stereocenters. The summed E-state index contributed by atoms with van der Waals surface area (Å²) in [4.78, 5) is 0.786. The fourth-order valence-electron chi connectivity index (χ4n) is 3.60. The van der Waals surface area contributed by atoms with Gasteiger partial charge in [0.1, 0.15) is 0 Å². The molecular formula is C24H16FN. The van der Waals surface area contributed by atoms with Gasteiger partial charge in [-0.3, -0.25) is 0 Å². The van der Waals surface area contributed by atoms with Crippen molar-refractivity contribution in [1.29, 1.82) is 0 Å². The SMILES string of the molecule is Fn1c2ccc(-c3ccccc3)cc2c2cc(-c3ccccc3)ccc21. The second-order valence-corrected chi connectivity index (χ2v) is 6.48. The summed E-state index contributed by atoms with van der Waals surface area (Å²) < 4.78 is 14.8. The average Bonchev–Trinajstić information content (AvgIpc) is 3.01. The van der Waals surface area contributed by atoms with Crippen LogP contribution in [0.4, 0.5) is 4.48 Å². The molecule has 124 valence electrons. The highest BCUT2D eigenvalue weighted by molar-refractivity contribution is 6.10. The number of benzene rings is 4. The van der Waals surface area contributed by atoms with Crippen molar-refractivity contribution in [3.8, 4) is 22.3 Å². The molecule has 1 nitrogen and oxygen atoms in total. The van der Waals surface area contributed by atoms with E-state index < -0.39 is 0 Å². The van der Waals surface area contributed by atoms with Crippen LogP contribution in [0.2, 0.25) is 0 Å². The molecule has 0 aliphatic heterocycles. The average molecular weight is 337 g/mol. The van der Waals surface area contributed by atoms with Gasteiger partial charge in [0, 0.05) is 10.8 Å². The molecule has 2 heteroatoms. The minimum absolute atomic E-state index is 0.602. The van der Waals surface area contributed by atoms with E-state index in [4.69, 9.17) is 0 Å². The Hall–Kier alpha value is -3.39.